The van der Waals surface area contributed by atoms with E-state index in [1.54, 1.807) is 11.3 Å². The monoisotopic (exact) mass is 254 g/mol. The van der Waals surface area contributed by atoms with Crippen LogP contribution in [0.2, 0.25) is 0 Å². The fraction of sp³-hybridized carbons (Fsp3) is 0.750. The molecule has 1 aromatic rings. The van der Waals surface area contributed by atoms with Crippen LogP contribution in [0.3, 0.4) is 0 Å². The predicted octanol–water partition coefficient (Wildman–Crippen LogP) is 1.69. The molecule has 0 atom stereocenters. The Hall–Kier alpha value is -0.650. The second-order valence-electron chi connectivity index (χ2n) is 4.76. The lowest BCUT2D eigenvalue weighted by Gasteiger charge is -2.23. The minimum atomic E-state index is 0.657. The van der Waals surface area contributed by atoms with Gasteiger partial charge in [-0.3, -0.25) is 0 Å². The minimum absolute atomic E-state index is 0.657. The number of nitrogen functional groups attached to an aromatic ring is 1. The second kappa shape index (κ2) is 6.33. The quantitative estimate of drug-likeness (QED) is 0.759. The highest BCUT2D eigenvalue weighted by atomic mass is 32.1. The van der Waals surface area contributed by atoms with Crippen molar-refractivity contribution in [1.82, 2.24) is 15.2 Å². The number of anilines is 1. The van der Waals surface area contributed by atoms with E-state index in [0.717, 1.165) is 25.7 Å². The van der Waals surface area contributed by atoms with Crippen LogP contribution < -0.4 is 11.1 Å². The number of rotatable bonds is 6. The van der Waals surface area contributed by atoms with Crippen LogP contribution in [0.5, 0.6) is 0 Å². The van der Waals surface area contributed by atoms with Crippen LogP contribution in [0.4, 0.5) is 5.13 Å². The standard InChI is InChI=1S/C12H22N4S/c1-16(10-4-2-3-5-10)7-6-14-8-11-9-15-12(13)17-11/h9-10,14H,2-8H2,1H3,(H2,13,15). The van der Waals surface area contributed by atoms with Crippen molar-refractivity contribution in [2.24, 2.45) is 0 Å². The van der Waals surface area contributed by atoms with Gasteiger partial charge in [-0.2, -0.15) is 0 Å². The molecule has 3 N–H and O–H groups in total. The van der Waals surface area contributed by atoms with Gasteiger partial charge in [0.15, 0.2) is 5.13 Å². The molecule has 0 aromatic carbocycles. The fourth-order valence-electron chi connectivity index (χ4n) is 2.40. The molecule has 5 heteroatoms. The Morgan fingerprint density at radius 3 is 2.94 bits per heavy atom. The molecular weight excluding hydrogens is 232 g/mol. The average molecular weight is 254 g/mol. The molecule has 1 fully saturated rings. The summed E-state index contributed by atoms with van der Waals surface area (Å²) in [5, 5.41) is 4.10. The van der Waals surface area contributed by atoms with Crippen LogP contribution >= 0.6 is 11.3 Å². The summed E-state index contributed by atoms with van der Waals surface area (Å²) in [7, 11) is 2.24. The van der Waals surface area contributed by atoms with Gasteiger partial charge in [-0.1, -0.05) is 12.8 Å². The van der Waals surface area contributed by atoms with Gasteiger partial charge in [-0.25, -0.2) is 4.98 Å². The molecule has 2 rings (SSSR count). The number of hydrogen-bond acceptors (Lipinski definition) is 5. The summed E-state index contributed by atoms with van der Waals surface area (Å²) >= 11 is 1.56. The van der Waals surface area contributed by atoms with Crippen molar-refractivity contribution in [2.45, 2.75) is 38.3 Å². The third-order valence-electron chi connectivity index (χ3n) is 3.46. The van der Waals surface area contributed by atoms with Crippen molar-refractivity contribution in [3.63, 3.8) is 0 Å². The van der Waals surface area contributed by atoms with E-state index in [1.807, 2.05) is 6.20 Å². The first-order valence-electron chi connectivity index (χ1n) is 6.37. The summed E-state index contributed by atoms with van der Waals surface area (Å²) in [6, 6.07) is 0.816. The van der Waals surface area contributed by atoms with Crippen LogP contribution in [0.15, 0.2) is 6.20 Å². The number of likely N-dealkylation sites (N-methyl/N-ethyl adjacent to an activating group) is 1. The highest BCUT2D eigenvalue weighted by Crippen LogP contribution is 2.21. The Kier molecular flexibility index (Phi) is 4.76. The van der Waals surface area contributed by atoms with E-state index in [-0.39, 0.29) is 0 Å². The molecule has 1 aromatic heterocycles. The van der Waals surface area contributed by atoms with Gasteiger partial charge < -0.3 is 16.0 Å². The number of hydrogen-bond donors (Lipinski definition) is 2. The van der Waals surface area contributed by atoms with Crippen molar-refractivity contribution in [2.75, 3.05) is 25.9 Å². The molecule has 1 aliphatic rings. The first kappa shape index (κ1) is 12.8. The first-order valence-corrected chi connectivity index (χ1v) is 7.18. The Morgan fingerprint density at radius 1 is 1.53 bits per heavy atom. The molecule has 1 saturated carbocycles. The number of nitrogens with one attached hydrogen (secondary N) is 1. The van der Waals surface area contributed by atoms with Gasteiger partial charge in [0.2, 0.25) is 0 Å². The van der Waals surface area contributed by atoms with E-state index in [1.165, 1.54) is 30.6 Å². The lowest BCUT2D eigenvalue weighted by atomic mass is 10.2. The van der Waals surface area contributed by atoms with Gasteiger partial charge in [0.05, 0.1) is 0 Å². The van der Waals surface area contributed by atoms with Crippen LogP contribution in [-0.4, -0.2) is 36.1 Å². The van der Waals surface area contributed by atoms with Crippen molar-refractivity contribution in [3.8, 4) is 0 Å². The fourth-order valence-corrected chi connectivity index (χ4v) is 3.05. The van der Waals surface area contributed by atoms with E-state index in [0.29, 0.717) is 5.13 Å². The summed E-state index contributed by atoms with van der Waals surface area (Å²) in [4.78, 5) is 7.74. The summed E-state index contributed by atoms with van der Waals surface area (Å²) in [6.07, 6.45) is 7.42. The van der Waals surface area contributed by atoms with Crippen LogP contribution in [-0.2, 0) is 6.54 Å². The molecule has 1 aliphatic carbocycles. The Balaban J connectivity index is 1.59. The zero-order chi connectivity index (χ0) is 12.1. The molecule has 0 bridgehead atoms. The summed E-state index contributed by atoms with van der Waals surface area (Å²) in [5.74, 6) is 0. The van der Waals surface area contributed by atoms with Crippen molar-refractivity contribution < 1.29 is 0 Å². The largest absolute Gasteiger partial charge is 0.375 e. The van der Waals surface area contributed by atoms with Crippen LogP contribution in [0, 0.1) is 0 Å². The maximum absolute atomic E-state index is 5.59. The smallest absolute Gasteiger partial charge is 0.180 e. The second-order valence-corrected chi connectivity index (χ2v) is 5.91. The topological polar surface area (TPSA) is 54.2 Å². The normalized spacial score (nSPS) is 17.1. The molecule has 4 nitrogen and oxygen atoms in total. The zero-order valence-corrected chi connectivity index (χ0v) is 11.3. The molecule has 0 amide bonds. The van der Waals surface area contributed by atoms with Gasteiger partial charge in [-0.15, -0.1) is 11.3 Å². The van der Waals surface area contributed by atoms with Crippen molar-refractivity contribution in [3.05, 3.63) is 11.1 Å². The molecule has 0 spiro atoms. The molecular formula is C12H22N4S. The van der Waals surface area contributed by atoms with Gasteiger partial charge >= 0.3 is 0 Å². The predicted molar refractivity (Wildman–Crippen MR) is 73.1 cm³/mol. The van der Waals surface area contributed by atoms with E-state index < -0.39 is 0 Å². The number of nitrogens with zero attached hydrogens (tertiary/aromatic N) is 2. The van der Waals surface area contributed by atoms with E-state index in [4.69, 9.17) is 5.73 Å². The number of thiazole rings is 1. The van der Waals surface area contributed by atoms with Gasteiger partial charge in [0, 0.05) is 36.8 Å². The highest BCUT2D eigenvalue weighted by molar-refractivity contribution is 7.15. The molecule has 0 unspecified atom stereocenters. The first-order chi connectivity index (χ1) is 8.25. The Morgan fingerprint density at radius 2 is 2.29 bits per heavy atom. The Bertz CT molecular complexity index is 333. The van der Waals surface area contributed by atoms with E-state index in [9.17, 15) is 0 Å². The van der Waals surface area contributed by atoms with Gasteiger partial charge in [-0.05, 0) is 19.9 Å². The third kappa shape index (κ3) is 3.94. The maximum atomic E-state index is 5.59. The molecule has 0 radical (unpaired) electrons. The Labute approximate surface area is 107 Å². The van der Waals surface area contributed by atoms with Crippen molar-refractivity contribution in [1.29, 1.82) is 0 Å². The highest BCUT2D eigenvalue weighted by Gasteiger charge is 2.18. The maximum Gasteiger partial charge on any atom is 0.180 e. The number of aromatic nitrogens is 1. The minimum Gasteiger partial charge on any atom is -0.375 e. The van der Waals surface area contributed by atoms with Crippen molar-refractivity contribution >= 4 is 16.5 Å². The molecule has 96 valence electrons. The number of nitrogens with two attached hydrogens (primary N) is 1. The summed E-state index contributed by atoms with van der Waals surface area (Å²) < 4.78 is 0. The van der Waals surface area contributed by atoms with Crippen LogP contribution in [0.25, 0.3) is 0 Å². The lowest BCUT2D eigenvalue weighted by molar-refractivity contribution is 0.245. The molecule has 0 aliphatic heterocycles. The van der Waals surface area contributed by atoms with Crippen LogP contribution in [0.1, 0.15) is 30.6 Å². The summed E-state index contributed by atoms with van der Waals surface area (Å²) in [6.45, 7) is 3.04. The van der Waals surface area contributed by atoms with E-state index >= 15 is 0 Å². The SMILES string of the molecule is CN(CCNCc1cnc(N)s1)C1CCCC1. The lowest BCUT2D eigenvalue weighted by Crippen LogP contribution is -2.35. The zero-order valence-electron chi connectivity index (χ0n) is 10.5. The molecule has 0 saturated heterocycles. The van der Waals surface area contributed by atoms with E-state index in [2.05, 4.69) is 22.2 Å². The molecule has 17 heavy (non-hydrogen) atoms. The average Bonchev–Trinajstić information content (AvgIpc) is 2.95. The van der Waals surface area contributed by atoms with Gasteiger partial charge in [0.25, 0.3) is 0 Å². The summed E-state index contributed by atoms with van der Waals surface area (Å²) in [5.41, 5.74) is 5.59. The molecule has 1 heterocycles. The third-order valence-corrected chi connectivity index (χ3v) is 4.29. The van der Waals surface area contributed by atoms with Gasteiger partial charge in [0.1, 0.15) is 0 Å².